The van der Waals surface area contributed by atoms with Crippen molar-refractivity contribution in [1.82, 2.24) is 15.0 Å². The summed E-state index contributed by atoms with van der Waals surface area (Å²) in [5.41, 5.74) is 4.65. The van der Waals surface area contributed by atoms with Crippen molar-refractivity contribution in [2.24, 2.45) is 0 Å². The van der Waals surface area contributed by atoms with Crippen molar-refractivity contribution in [1.29, 1.82) is 0 Å². The Morgan fingerprint density at radius 1 is 1.00 bits per heavy atom. The van der Waals surface area contributed by atoms with E-state index in [1.807, 2.05) is 53.4 Å². The summed E-state index contributed by atoms with van der Waals surface area (Å²) in [7, 11) is 0. The molecule has 0 unspecified atom stereocenters. The van der Waals surface area contributed by atoms with Crippen LogP contribution in [0.5, 0.6) is 0 Å². The second kappa shape index (κ2) is 7.60. The van der Waals surface area contributed by atoms with Crippen LogP contribution in [-0.2, 0) is 10.2 Å². The van der Waals surface area contributed by atoms with Crippen molar-refractivity contribution in [2.75, 3.05) is 22.1 Å². The number of aromatic nitrogens is 3. The van der Waals surface area contributed by atoms with Gasteiger partial charge in [-0.1, -0.05) is 38.1 Å². The van der Waals surface area contributed by atoms with Crippen molar-refractivity contribution in [3.8, 4) is 0 Å². The fraction of sp³-hybridized carbons (Fsp3) is 0.200. The smallest absolute Gasteiger partial charge is 0.229 e. The van der Waals surface area contributed by atoms with Gasteiger partial charge in [0.2, 0.25) is 11.9 Å². The summed E-state index contributed by atoms with van der Waals surface area (Å²) < 4.78 is 0. The first-order valence-corrected chi connectivity index (χ1v) is 10.5. The Kier molecular flexibility index (Phi) is 4.74. The van der Waals surface area contributed by atoms with Gasteiger partial charge in [0.25, 0.3) is 0 Å². The number of rotatable bonds is 4. The van der Waals surface area contributed by atoms with Crippen LogP contribution in [0.3, 0.4) is 0 Å². The molecule has 0 saturated carbocycles. The molecule has 3 heterocycles. The highest BCUT2D eigenvalue weighted by molar-refractivity contribution is 5.95. The molecule has 5 rings (SSSR count). The van der Waals surface area contributed by atoms with E-state index < -0.39 is 0 Å². The first kappa shape index (κ1) is 19.9. The van der Waals surface area contributed by atoms with Crippen LogP contribution < -0.4 is 15.5 Å². The minimum Gasteiger partial charge on any atom is -0.339 e. The van der Waals surface area contributed by atoms with Gasteiger partial charge in [-0.2, -0.15) is 4.98 Å². The Hall–Kier alpha value is -4.00. The lowest BCUT2D eigenvalue weighted by Gasteiger charge is -2.19. The van der Waals surface area contributed by atoms with E-state index in [4.69, 9.17) is 0 Å². The van der Waals surface area contributed by atoms with Gasteiger partial charge in [-0.3, -0.25) is 9.78 Å². The minimum atomic E-state index is -0.0756. The standard InChI is InChI=1S/C25H24N6O/c1-16(32)31-15-25(2,3)20-9-8-18(13-22(20)31)29-24-26-11-10-23(30-24)28-19-12-17-6-4-5-7-21(17)27-14-19/h4-14H,15H2,1-3H3,(H2,26,28,29,30). The number of carbonyl (C=O) groups excluding carboxylic acids is 1. The molecule has 0 aliphatic carbocycles. The van der Waals surface area contributed by atoms with Crippen molar-refractivity contribution < 1.29 is 4.79 Å². The van der Waals surface area contributed by atoms with Crippen LogP contribution in [0, 0.1) is 0 Å². The maximum atomic E-state index is 12.1. The van der Waals surface area contributed by atoms with Crippen LogP contribution in [0.2, 0.25) is 0 Å². The van der Waals surface area contributed by atoms with Gasteiger partial charge < -0.3 is 15.5 Å². The molecule has 7 heteroatoms. The lowest BCUT2D eigenvalue weighted by atomic mass is 9.87. The van der Waals surface area contributed by atoms with Gasteiger partial charge in [0.15, 0.2) is 0 Å². The van der Waals surface area contributed by atoms with Gasteiger partial charge in [0.05, 0.1) is 17.4 Å². The zero-order chi connectivity index (χ0) is 22.3. The van der Waals surface area contributed by atoms with E-state index in [1.165, 1.54) is 5.56 Å². The number of nitrogens with zero attached hydrogens (tertiary/aromatic N) is 4. The van der Waals surface area contributed by atoms with Crippen LogP contribution in [-0.4, -0.2) is 27.4 Å². The number of benzene rings is 2. The van der Waals surface area contributed by atoms with Gasteiger partial charge in [-0.05, 0) is 35.9 Å². The lowest BCUT2D eigenvalue weighted by Crippen LogP contribution is -2.31. The maximum absolute atomic E-state index is 12.1. The number of hydrogen-bond acceptors (Lipinski definition) is 6. The summed E-state index contributed by atoms with van der Waals surface area (Å²) in [5, 5.41) is 7.61. The van der Waals surface area contributed by atoms with Gasteiger partial charge in [-0.25, -0.2) is 4.98 Å². The van der Waals surface area contributed by atoms with Crippen molar-refractivity contribution >= 4 is 45.6 Å². The molecule has 4 aromatic rings. The molecule has 0 saturated heterocycles. The average molecular weight is 425 g/mol. The summed E-state index contributed by atoms with van der Waals surface area (Å²) >= 11 is 0. The summed E-state index contributed by atoms with van der Waals surface area (Å²) in [6.07, 6.45) is 3.49. The van der Waals surface area contributed by atoms with Gasteiger partial charge in [-0.15, -0.1) is 0 Å². The van der Waals surface area contributed by atoms with E-state index in [9.17, 15) is 4.79 Å². The molecule has 160 valence electrons. The second-order valence-electron chi connectivity index (χ2n) is 8.65. The first-order valence-electron chi connectivity index (χ1n) is 10.5. The van der Waals surface area contributed by atoms with E-state index in [1.54, 1.807) is 19.3 Å². The number of pyridine rings is 1. The van der Waals surface area contributed by atoms with Gasteiger partial charge in [0.1, 0.15) is 5.82 Å². The molecule has 0 atom stereocenters. The molecule has 1 aliphatic rings. The molecule has 2 aromatic heterocycles. The number of carbonyl (C=O) groups is 1. The highest BCUT2D eigenvalue weighted by atomic mass is 16.2. The molecule has 1 aliphatic heterocycles. The molecular formula is C25H24N6O. The Bertz CT molecular complexity index is 1330. The first-order chi connectivity index (χ1) is 15.4. The molecule has 0 fully saturated rings. The third-order valence-electron chi connectivity index (χ3n) is 5.73. The number of hydrogen-bond donors (Lipinski definition) is 2. The number of para-hydroxylation sites is 1. The molecule has 0 bridgehead atoms. The lowest BCUT2D eigenvalue weighted by molar-refractivity contribution is -0.116. The molecular weight excluding hydrogens is 400 g/mol. The predicted octanol–water partition coefficient (Wildman–Crippen LogP) is 5.16. The van der Waals surface area contributed by atoms with Crippen molar-refractivity contribution in [3.63, 3.8) is 0 Å². The molecule has 1 amide bonds. The number of fused-ring (bicyclic) bond motifs is 2. The van der Waals surface area contributed by atoms with Gasteiger partial charge in [0, 0.05) is 41.8 Å². The summed E-state index contributed by atoms with van der Waals surface area (Å²) in [6.45, 7) is 6.59. The molecule has 0 spiro atoms. The third-order valence-corrected chi connectivity index (χ3v) is 5.73. The molecule has 2 N–H and O–H groups in total. The SMILES string of the molecule is CC(=O)N1CC(C)(C)c2ccc(Nc3nccc(Nc4cnc5ccccc5c4)n3)cc21. The van der Waals surface area contributed by atoms with Crippen molar-refractivity contribution in [3.05, 3.63) is 72.6 Å². The third kappa shape index (κ3) is 3.73. The predicted molar refractivity (Wildman–Crippen MR) is 128 cm³/mol. The van der Waals surface area contributed by atoms with E-state index in [2.05, 4.69) is 45.5 Å². The van der Waals surface area contributed by atoms with Crippen molar-refractivity contribution in [2.45, 2.75) is 26.2 Å². The Balaban J connectivity index is 1.38. The summed E-state index contributed by atoms with van der Waals surface area (Å²) in [6, 6.07) is 17.9. The topological polar surface area (TPSA) is 83.0 Å². The van der Waals surface area contributed by atoms with Crippen LogP contribution in [0.4, 0.5) is 28.8 Å². The molecule has 32 heavy (non-hydrogen) atoms. The zero-order valence-corrected chi connectivity index (χ0v) is 18.3. The largest absolute Gasteiger partial charge is 0.339 e. The van der Waals surface area contributed by atoms with Gasteiger partial charge >= 0.3 is 0 Å². The summed E-state index contributed by atoms with van der Waals surface area (Å²) in [4.78, 5) is 27.4. The Morgan fingerprint density at radius 2 is 1.84 bits per heavy atom. The second-order valence-corrected chi connectivity index (χ2v) is 8.65. The monoisotopic (exact) mass is 424 g/mol. The molecule has 0 radical (unpaired) electrons. The Labute approximate surface area is 186 Å². The molecule has 7 nitrogen and oxygen atoms in total. The van der Waals surface area contributed by atoms with E-state index in [0.29, 0.717) is 18.3 Å². The number of anilines is 5. The van der Waals surface area contributed by atoms with Crippen LogP contribution in [0.1, 0.15) is 26.3 Å². The Morgan fingerprint density at radius 3 is 2.69 bits per heavy atom. The van der Waals surface area contributed by atoms with E-state index >= 15 is 0 Å². The number of nitrogens with one attached hydrogen (secondary N) is 2. The fourth-order valence-electron chi connectivity index (χ4n) is 4.16. The molecule has 2 aromatic carbocycles. The maximum Gasteiger partial charge on any atom is 0.229 e. The summed E-state index contributed by atoms with van der Waals surface area (Å²) in [5.74, 6) is 1.17. The van der Waals surface area contributed by atoms with Crippen LogP contribution in [0.15, 0.2) is 67.0 Å². The highest BCUT2D eigenvalue weighted by Crippen LogP contribution is 2.42. The highest BCUT2D eigenvalue weighted by Gasteiger charge is 2.36. The number of amides is 1. The van der Waals surface area contributed by atoms with Crippen LogP contribution >= 0.6 is 0 Å². The fourth-order valence-corrected chi connectivity index (χ4v) is 4.16. The van der Waals surface area contributed by atoms with Crippen LogP contribution in [0.25, 0.3) is 10.9 Å². The van der Waals surface area contributed by atoms with E-state index in [0.717, 1.165) is 28.0 Å². The average Bonchev–Trinajstić information content (AvgIpc) is 3.04. The van der Waals surface area contributed by atoms with E-state index in [-0.39, 0.29) is 11.3 Å². The minimum absolute atomic E-state index is 0.0421. The normalized spacial score (nSPS) is 14.3. The zero-order valence-electron chi connectivity index (χ0n) is 18.3. The quantitative estimate of drug-likeness (QED) is 0.471.